The molecule has 2 aromatic carbocycles. The predicted molar refractivity (Wildman–Crippen MR) is 82.7 cm³/mol. The van der Waals surface area contributed by atoms with E-state index in [1.165, 1.54) is 6.07 Å². The van der Waals surface area contributed by atoms with Gasteiger partial charge in [-0.05, 0) is 49.2 Å². The van der Waals surface area contributed by atoms with E-state index in [1.807, 2.05) is 38.1 Å². The highest BCUT2D eigenvalue weighted by atomic mass is 19.1. The first-order chi connectivity index (χ1) is 10.0. The maximum Gasteiger partial charge on any atom is 0.161 e. The van der Waals surface area contributed by atoms with Crippen LogP contribution in [0.5, 0.6) is 11.5 Å². The number of hydrogen-bond donors (Lipinski definition) is 1. The second kappa shape index (κ2) is 6.48. The van der Waals surface area contributed by atoms with Crippen LogP contribution in [0.2, 0.25) is 0 Å². The van der Waals surface area contributed by atoms with Crippen molar-refractivity contribution in [2.24, 2.45) is 0 Å². The summed E-state index contributed by atoms with van der Waals surface area (Å²) in [5.74, 6) is 1.09. The summed E-state index contributed by atoms with van der Waals surface area (Å²) in [6.45, 7) is 3.84. The molecule has 1 atom stereocenters. The zero-order valence-corrected chi connectivity index (χ0v) is 12.7. The molecule has 3 nitrogen and oxygen atoms in total. The molecule has 2 rings (SSSR count). The second-order valence-electron chi connectivity index (χ2n) is 4.96. The van der Waals surface area contributed by atoms with E-state index in [-0.39, 0.29) is 11.9 Å². The lowest BCUT2D eigenvalue weighted by Crippen LogP contribution is -2.08. The van der Waals surface area contributed by atoms with Crippen LogP contribution in [0, 0.1) is 12.7 Å². The van der Waals surface area contributed by atoms with Gasteiger partial charge in [-0.15, -0.1) is 0 Å². The molecule has 0 aromatic heterocycles. The smallest absolute Gasteiger partial charge is 0.161 e. The average molecular weight is 289 g/mol. The minimum absolute atomic E-state index is 0.0537. The van der Waals surface area contributed by atoms with Gasteiger partial charge in [-0.3, -0.25) is 0 Å². The van der Waals surface area contributed by atoms with Crippen LogP contribution in [-0.4, -0.2) is 14.2 Å². The van der Waals surface area contributed by atoms with Crippen LogP contribution < -0.4 is 14.8 Å². The van der Waals surface area contributed by atoms with Gasteiger partial charge in [0, 0.05) is 6.04 Å². The minimum atomic E-state index is -0.248. The summed E-state index contributed by atoms with van der Waals surface area (Å²) in [4.78, 5) is 0. The zero-order chi connectivity index (χ0) is 15.4. The van der Waals surface area contributed by atoms with Gasteiger partial charge in [0.25, 0.3) is 0 Å². The molecule has 0 aliphatic heterocycles. The number of rotatable bonds is 5. The van der Waals surface area contributed by atoms with E-state index in [0.29, 0.717) is 17.2 Å². The molecule has 112 valence electrons. The van der Waals surface area contributed by atoms with Gasteiger partial charge in [-0.25, -0.2) is 4.39 Å². The molecule has 0 fully saturated rings. The Morgan fingerprint density at radius 3 is 2.33 bits per heavy atom. The van der Waals surface area contributed by atoms with Crippen LogP contribution in [0.15, 0.2) is 36.4 Å². The largest absolute Gasteiger partial charge is 0.493 e. The van der Waals surface area contributed by atoms with Gasteiger partial charge < -0.3 is 14.8 Å². The minimum Gasteiger partial charge on any atom is -0.493 e. The molecule has 1 unspecified atom stereocenters. The molecule has 0 bridgehead atoms. The molecule has 0 saturated heterocycles. The van der Waals surface area contributed by atoms with Crippen molar-refractivity contribution in [3.63, 3.8) is 0 Å². The normalized spacial score (nSPS) is 11.9. The topological polar surface area (TPSA) is 30.5 Å². The number of methoxy groups -OCH3 is 2. The lowest BCUT2D eigenvalue weighted by Gasteiger charge is -2.18. The summed E-state index contributed by atoms with van der Waals surface area (Å²) in [6, 6.07) is 10.8. The molecule has 2 aromatic rings. The molecule has 21 heavy (non-hydrogen) atoms. The molecule has 0 radical (unpaired) electrons. The van der Waals surface area contributed by atoms with Crippen LogP contribution in [0.1, 0.15) is 24.1 Å². The Balaban J connectivity index is 2.21. The van der Waals surface area contributed by atoms with E-state index in [1.54, 1.807) is 20.3 Å². The zero-order valence-electron chi connectivity index (χ0n) is 12.7. The van der Waals surface area contributed by atoms with Gasteiger partial charge in [0.05, 0.1) is 19.9 Å². The fraction of sp³-hybridized carbons (Fsp3) is 0.294. The molecule has 0 amide bonds. The van der Waals surface area contributed by atoms with Gasteiger partial charge in [-0.2, -0.15) is 0 Å². The first-order valence-corrected chi connectivity index (χ1v) is 6.79. The standard InChI is InChI=1S/C17H20FNO2/c1-11-5-7-15(14(18)9-11)19-12(2)13-6-8-16(20-3)17(10-13)21-4/h5-10,12,19H,1-4H3. The van der Waals surface area contributed by atoms with Crippen LogP contribution in [0.25, 0.3) is 0 Å². The van der Waals surface area contributed by atoms with Crippen molar-refractivity contribution < 1.29 is 13.9 Å². The molecule has 0 spiro atoms. The number of benzene rings is 2. The second-order valence-corrected chi connectivity index (χ2v) is 4.96. The van der Waals surface area contributed by atoms with Crippen molar-refractivity contribution >= 4 is 5.69 Å². The van der Waals surface area contributed by atoms with Crippen molar-refractivity contribution in [3.8, 4) is 11.5 Å². The Labute approximate surface area is 124 Å². The Morgan fingerprint density at radius 1 is 1.00 bits per heavy atom. The highest BCUT2D eigenvalue weighted by molar-refractivity contribution is 5.50. The van der Waals surface area contributed by atoms with Gasteiger partial charge in [0.2, 0.25) is 0 Å². The average Bonchev–Trinajstić information content (AvgIpc) is 2.49. The highest BCUT2D eigenvalue weighted by Gasteiger charge is 2.12. The molecule has 4 heteroatoms. The molecule has 1 N–H and O–H groups in total. The lowest BCUT2D eigenvalue weighted by atomic mass is 10.1. The quantitative estimate of drug-likeness (QED) is 0.889. The van der Waals surface area contributed by atoms with Crippen molar-refractivity contribution in [1.82, 2.24) is 0 Å². The van der Waals surface area contributed by atoms with Crippen molar-refractivity contribution in [3.05, 3.63) is 53.3 Å². The van der Waals surface area contributed by atoms with Gasteiger partial charge in [0.1, 0.15) is 5.82 Å². The van der Waals surface area contributed by atoms with E-state index >= 15 is 0 Å². The van der Waals surface area contributed by atoms with E-state index in [2.05, 4.69) is 5.32 Å². The van der Waals surface area contributed by atoms with Gasteiger partial charge in [-0.1, -0.05) is 12.1 Å². The lowest BCUT2D eigenvalue weighted by molar-refractivity contribution is 0.354. The highest BCUT2D eigenvalue weighted by Crippen LogP contribution is 2.31. The summed E-state index contributed by atoms with van der Waals surface area (Å²) < 4.78 is 24.4. The van der Waals surface area contributed by atoms with Crippen LogP contribution in [0.3, 0.4) is 0 Å². The molecule has 0 saturated carbocycles. The maximum atomic E-state index is 13.9. The number of aryl methyl sites for hydroxylation is 1. The summed E-state index contributed by atoms with van der Waals surface area (Å²) in [7, 11) is 3.19. The van der Waals surface area contributed by atoms with Crippen molar-refractivity contribution in [1.29, 1.82) is 0 Å². The molecule has 0 aliphatic rings. The van der Waals surface area contributed by atoms with E-state index in [4.69, 9.17) is 9.47 Å². The molecule has 0 heterocycles. The molecular weight excluding hydrogens is 269 g/mol. The Kier molecular flexibility index (Phi) is 4.68. The summed E-state index contributed by atoms with van der Waals surface area (Å²) in [5, 5.41) is 3.17. The van der Waals surface area contributed by atoms with Crippen LogP contribution >= 0.6 is 0 Å². The maximum absolute atomic E-state index is 13.9. The number of nitrogens with one attached hydrogen (secondary N) is 1. The van der Waals surface area contributed by atoms with E-state index in [0.717, 1.165) is 11.1 Å². The fourth-order valence-electron chi connectivity index (χ4n) is 2.18. The first-order valence-electron chi connectivity index (χ1n) is 6.79. The number of ether oxygens (including phenoxy) is 2. The Morgan fingerprint density at radius 2 is 1.71 bits per heavy atom. The Bertz CT molecular complexity index is 628. The van der Waals surface area contributed by atoms with E-state index < -0.39 is 0 Å². The molecular formula is C17H20FNO2. The first kappa shape index (κ1) is 15.2. The summed E-state index contributed by atoms with van der Waals surface area (Å²) >= 11 is 0. The predicted octanol–water partition coefficient (Wildman–Crippen LogP) is 4.32. The number of anilines is 1. The summed E-state index contributed by atoms with van der Waals surface area (Å²) in [5.41, 5.74) is 2.38. The third-order valence-electron chi connectivity index (χ3n) is 3.40. The van der Waals surface area contributed by atoms with Gasteiger partial charge in [0.15, 0.2) is 11.5 Å². The van der Waals surface area contributed by atoms with Crippen molar-refractivity contribution in [2.45, 2.75) is 19.9 Å². The number of halogens is 1. The monoisotopic (exact) mass is 289 g/mol. The van der Waals surface area contributed by atoms with Gasteiger partial charge >= 0.3 is 0 Å². The SMILES string of the molecule is COc1ccc(C(C)Nc2ccc(C)cc2F)cc1OC. The van der Waals surface area contributed by atoms with E-state index in [9.17, 15) is 4.39 Å². The third-order valence-corrected chi connectivity index (χ3v) is 3.40. The third kappa shape index (κ3) is 3.45. The van der Waals surface area contributed by atoms with Crippen LogP contribution in [-0.2, 0) is 0 Å². The van der Waals surface area contributed by atoms with Crippen molar-refractivity contribution in [2.75, 3.05) is 19.5 Å². The number of hydrogen-bond acceptors (Lipinski definition) is 3. The summed E-state index contributed by atoms with van der Waals surface area (Å²) in [6.07, 6.45) is 0. The molecule has 0 aliphatic carbocycles. The fourth-order valence-corrected chi connectivity index (χ4v) is 2.18. The van der Waals surface area contributed by atoms with Crippen LogP contribution in [0.4, 0.5) is 10.1 Å². The Hall–Kier alpha value is -2.23.